The number of benzene rings is 1. The molecule has 2 aromatic heterocycles. The third-order valence-corrected chi connectivity index (χ3v) is 8.06. The SMILES string of the molecule is COc1cc(-c2cc(F)cc(C(C)C)c2Oc2nnc(S(=O)(=O)N3CCC(N(C)C)CC3)[nH]2)ccn1. The van der Waals surface area contributed by atoms with Crippen molar-refractivity contribution in [1.29, 1.82) is 0 Å². The number of piperidine rings is 1. The van der Waals surface area contributed by atoms with E-state index in [1.54, 1.807) is 18.3 Å². The van der Waals surface area contributed by atoms with Crippen LogP contribution < -0.4 is 9.47 Å². The fourth-order valence-electron chi connectivity index (χ4n) is 4.27. The van der Waals surface area contributed by atoms with E-state index in [-0.39, 0.29) is 17.1 Å². The average Bonchev–Trinajstić information content (AvgIpc) is 3.34. The predicted molar refractivity (Wildman–Crippen MR) is 132 cm³/mol. The highest BCUT2D eigenvalue weighted by Crippen LogP contribution is 2.40. The van der Waals surface area contributed by atoms with Crippen molar-refractivity contribution in [2.24, 2.45) is 0 Å². The minimum atomic E-state index is -3.87. The quantitative estimate of drug-likeness (QED) is 0.481. The summed E-state index contributed by atoms with van der Waals surface area (Å²) in [5, 5.41) is 7.50. The van der Waals surface area contributed by atoms with Gasteiger partial charge in [0.25, 0.3) is 15.2 Å². The van der Waals surface area contributed by atoms with Crippen molar-refractivity contribution < 1.29 is 22.3 Å². The summed E-state index contributed by atoms with van der Waals surface area (Å²) in [5.74, 6) is 0.174. The third kappa shape index (κ3) is 5.35. The number of methoxy groups -OCH3 is 1. The number of hydrogen-bond donors (Lipinski definition) is 1. The molecular formula is C24H31FN6O4S. The number of nitrogens with one attached hydrogen (secondary N) is 1. The monoisotopic (exact) mass is 518 g/mol. The lowest BCUT2D eigenvalue weighted by atomic mass is 9.95. The van der Waals surface area contributed by atoms with E-state index in [4.69, 9.17) is 9.47 Å². The van der Waals surface area contributed by atoms with Crippen LogP contribution in [0.5, 0.6) is 17.6 Å². The number of sulfonamides is 1. The second-order valence-electron chi connectivity index (χ2n) is 9.25. The van der Waals surface area contributed by atoms with Gasteiger partial charge in [-0.3, -0.25) is 4.98 Å². The molecule has 1 fully saturated rings. The third-order valence-electron chi connectivity index (χ3n) is 6.34. The molecule has 0 bridgehead atoms. The van der Waals surface area contributed by atoms with Crippen LogP contribution in [0, 0.1) is 5.82 Å². The molecule has 0 aliphatic carbocycles. The predicted octanol–water partition coefficient (Wildman–Crippen LogP) is 3.64. The summed E-state index contributed by atoms with van der Waals surface area (Å²) in [6.45, 7) is 4.61. The van der Waals surface area contributed by atoms with Gasteiger partial charge in [-0.2, -0.15) is 4.31 Å². The molecule has 0 spiro atoms. The number of ether oxygens (including phenoxy) is 2. The fraction of sp³-hybridized carbons (Fsp3) is 0.458. The Hall–Kier alpha value is -3.09. The van der Waals surface area contributed by atoms with Gasteiger partial charge in [-0.15, -0.1) is 5.10 Å². The van der Waals surface area contributed by atoms with E-state index in [1.807, 2.05) is 27.9 Å². The number of nitrogens with zero attached hydrogens (tertiary/aromatic N) is 5. The Morgan fingerprint density at radius 3 is 2.53 bits per heavy atom. The Balaban J connectivity index is 1.66. The largest absolute Gasteiger partial charge is 0.481 e. The summed E-state index contributed by atoms with van der Waals surface area (Å²) in [7, 11) is 1.61. The first-order valence-electron chi connectivity index (χ1n) is 11.7. The molecule has 10 nitrogen and oxygen atoms in total. The standard InChI is InChI=1S/C24H31FN6O4S/c1-15(2)19-13-17(25)14-20(16-6-9-26-21(12-16)34-5)22(19)35-23-27-24(29-28-23)36(32,33)31-10-7-18(8-11-31)30(3)4/h6,9,12-15,18H,7-8,10-11H2,1-5H3,(H,27,28,29). The second kappa shape index (κ2) is 10.5. The molecule has 1 aromatic carbocycles. The molecule has 0 radical (unpaired) electrons. The van der Waals surface area contributed by atoms with Gasteiger partial charge in [-0.25, -0.2) is 17.8 Å². The van der Waals surface area contributed by atoms with Gasteiger partial charge in [0, 0.05) is 42.5 Å². The lowest BCUT2D eigenvalue weighted by Crippen LogP contribution is -2.44. The molecule has 1 N–H and O–H groups in total. The maximum atomic E-state index is 14.6. The van der Waals surface area contributed by atoms with Crippen LogP contribution in [0.3, 0.4) is 0 Å². The van der Waals surface area contributed by atoms with Crippen LogP contribution in [-0.4, -0.2) is 78.1 Å². The molecule has 3 aromatic rings. The summed E-state index contributed by atoms with van der Waals surface area (Å²) in [6, 6.07) is 6.35. The number of rotatable bonds is 8. The molecule has 0 unspecified atom stereocenters. The van der Waals surface area contributed by atoms with Gasteiger partial charge in [-0.1, -0.05) is 18.9 Å². The van der Waals surface area contributed by atoms with E-state index in [0.29, 0.717) is 47.5 Å². The topological polar surface area (TPSA) is 114 Å². The van der Waals surface area contributed by atoms with Crippen molar-refractivity contribution in [3.8, 4) is 28.8 Å². The van der Waals surface area contributed by atoms with Crippen LogP contribution in [0.4, 0.5) is 4.39 Å². The van der Waals surface area contributed by atoms with Crippen molar-refractivity contribution in [3.63, 3.8) is 0 Å². The van der Waals surface area contributed by atoms with Gasteiger partial charge < -0.3 is 14.4 Å². The van der Waals surface area contributed by atoms with E-state index in [1.165, 1.54) is 23.5 Å². The number of aromatic amines is 1. The molecule has 0 amide bonds. The summed E-state index contributed by atoms with van der Waals surface area (Å²) in [6.07, 6.45) is 3.02. The number of hydrogen-bond acceptors (Lipinski definition) is 8. The molecule has 3 heterocycles. The van der Waals surface area contributed by atoms with Crippen molar-refractivity contribution in [2.75, 3.05) is 34.3 Å². The molecule has 4 rings (SSSR count). The van der Waals surface area contributed by atoms with Crippen molar-refractivity contribution in [2.45, 2.75) is 43.8 Å². The highest BCUT2D eigenvalue weighted by Gasteiger charge is 2.33. The van der Waals surface area contributed by atoms with Crippen molar-refractivity contribution in [3.05, 3.63) is 41.8 Å². The molecule has 0 saturated carbocycles. The Morgan fingerprint density at radius 1 is 1.17 bits per heavy atom. The summed E-state index contributed by atoms with van der Waals surface area (Å²) in [5.41, 5.74) is 1.66. The number of aromatic nitrogens is 4. The fourth-order valence-corrected chi connectivity index (χ4v) is 5.57. The second-order valence-corrected chi connectivity index (χ2v) is 11.1. The van der Waals surface area contributed by atoms with Gasteiger partial charge in [0.15, 0.2) is 0 Å². The number of halogens is 1. The summed E-state index contributed by atoms with van der Waals surface area (Å²) in [4.78, 5) is 8.91. The Morgan fingerprint density at radius 2 is 1.89 bits per heavy atom. The maximum Gasteiger partial charge on any atom is 0.320 e. The molecule has 12 heteroatoms. The van der Waals surface area contributed by atoms with Gasteiger partial charge in [-0.05, 0) is 56.6 Å². The van der Waals surface area contributed by atoms with E-state index in [9.17, 15) is 12.8 Å². The minimum Gasteiger partial charge on any atom is -0.481 e. The Labute approximate surface area is 210 Å². The molecule has 0 atom stereocenters. The van der Waals surface area contributed by atoms with Crippen molar-refractivity contribution in [1.82, 2.24) is 29.4 Å². The van der Waals surface area contributed by atoms with Crippen LogP contribution in [0.15, 0.2) is 35.6 Å². The zero-order chi connectivity index (χ0) is 26.0. The maximum absolute atomic E-state index is 14.6. The van der Waals surface area contributed by atoms with Gasteiger partial charge in [0.05, 0.1) is 7.11 Å². The van der Waals surface area contributed by atoms with Crippen molar-refractivity contribution >= 4 is 10.0 Å². The minimum absolute atomic E-state index is 0.0951. The van der Waals surface area contributed by atoms with Crippen LogP contribution >= 0.6 is 0 Å². The number of pyridine rings is 1. The van der Waals surface area contributed by atoms with Crippen LogP contribution in [0.25, 0.3) is 11.1 Å². The average molecular weight is 519 g/mol. The molecule has 1 aliphatic heterocycles. The molecular weight excluding hydrogens is 487 g/mol. The highest BCUT2D eigenvalue weighted by atomic mass is 32.2. The van der Waals surface area contributed by atoms with Crippen LogP contribution in [0.2, 0.25) is 0 Å². The molecule has 194 valence electrons. The number of H-pyrrole nitrogens is 1. The van der Waals surface area contributed by atoms with E-state index in [2.05, 4.69) is 25.1 Å². The normalized spacial score (nSPS) is 15.6. The zero-order valence-electron chi connectivity index (χ0n) is 21.0. The highest BCUT2D eigenvalue weighted by molar-refractivity contribution is 7.88. The first-order chi connectivity index (χ1) is 17.1. The Kier molecular flexibility index (Phi) is 7.57. The van der Waals surface area contributed by atoms with Gasteiger partial charge in [0.1, 0.15) is 11.6 Å². The zero-order valence-corrected chi connectivity index (χ0v) is 21.8. The van der Waals surface area contributed by atoms with Gasteiger partial charge in [0.2, 0.25) is 5.88 Å². The first-order valence-corrected chi connectivity index (χ1v) is 13.1. The van der Waals surface area contributed by atoms with Gasteiger partial charge >= 0.3 is 6.01 Å². The first kappa shape index (κ1) is 26.0. The van der Waals surface area contributed by atoms with E-state index in [0.717, 1.165) is 12.8 Å². The summed E-state index contributed by atoms with van der Waals surface area (Å²) >= 11 is 0. The smallest absolute Gasteiger partial charge is 0.320 e. The molecule has 1 aliphatic rings. The molecule has 1 saturated heterocycles. The lowest BCUT2D eigenvalue weighted by Gasteiger charge is -2.33. The van der Waals surface area contributed by atoms with E-state index >= 15 is 0 Å². The summed E-state index contributed by atoms with van der Waals surface area (Å²) < 4.78 is 53.6. The van der Waals surface area contributed by atoms with E-state index < -0.39 is 15.8 Å². The Bertz CT molecular complexity index is 1320. The lowest BCUT2D eigenvalue weighted by molar-refractivity contribution is 0.196. The van der Waals surface area contributed by atoms with Crippen LogP contribution in [-0.2, 0) is 10.0 Å². The molecule has 36 heavy (non-hydrogen) atoms. The van der Waals surface area contributed by atoms with Crippen LogP contribution in [0.1, 0.15) is 38.2 Å².